The Bertz CT molecular complexity index is 1430. The Kier molecular flexibility index (Phi) is 8.93. The molecule has 0 aromatic heterocycles. The van der Waals surface area contributed by atoms with Gasteiger partial charge < -0.3 is 25.1 Å². The van der Waals surface area contributed by atoms with E-state index in [1.165, 1.54) is 22.3 Å². The second-order valence-electron chi connectivity index (χ2n) is 10.1. The molecule has 0 amide bonds. The molecule has 0 fully saturated rings. The van der Waals surface area contributed by atoms with Gasteiger partial charge in [0.15, 0.2) is 6.54 Å². The number of benzene rings is 4. The number of ether oxygens (including phenoxy) is 3. The molecule has 2 unspecified atom stereocenters. The number of aliphatic hydroxyl groups is 1. The molecule has 0 bridgehead atoms. The number of rotatable bonds is 12. The van der Waals surface area contributed by atoms with Crippen LogP contribution >= 0.6 is 11.6 Å². The summed E-state index contributed by atoms with van der Waals surface area (Å²) in [5, 5.41) is 9.94. The molecule has 41 heavy (non-hydrogen) atoms. The van der Waals surface area contributed by atoms with E-state index in [-0.39, 0.29) is 25.6 Å². The van der Waals surface area contributed by atoms with Crippen molar-refractivity contribution in [2.45, 2.75) is 31.0 Å². The zero-order valence-electron chi connectivity index (χ0n) is 23.1. The molecule has 0 spiro atoms. The molecule has 4 N–H and O–H groups in total. The van der Waals surface area contributed by atoms with E-state index in [0.29, 0.717) is 17.9 Å². The highest BCUT2D eigenvalue weighted by Crippen LogP contribution is 2.56. The van der Waals surface area contributed by atoms with Crippen LogP contribution in [0.4, 0.5) is 0 Å². The van der Waals surface area contributed by atoms with Gasteiger partial charge in [0.05, 0.1) is 17.4 Å². The van der Waals surface area contributed by atoms with E-state index in [1.54, 1.807) is 0 Å². The number of carbonyl (C=O) groups is 1. The lowest BCUT2D eigenvalue weighted by Crippen LogP contribution is -2.55. The topological polar surface area (TPSA) is 92.6 Å². The van der Waals surface area contributed by atoms with E-state index in [1.807, 2.05) is 31.2 Å². The second kappa shape index (κ2) is 12.8. The number of fused-ring (bicyclic) bond motifs is 3. The molecule has 2 atom stereocenters. The van der Waals surface area contributed by atoms with E-state index >= 15 is 0 Å². The van der Waals surface area contributed by atoms with Gasteiger partial charge in [-0.25, -0.2) is 4.79 Å². The number of hydrogen-bond acceptors (Lipinski definition) is 5. The van der Waals surface area contributed by atoms with Crippen LogP contribution in [0.5, 0.6) is 11.5 Å². The Balaban J connectivity index is 1.53. The van der Waals surface area contributed by atoms with Crippen LogP contribution in [0.3, 0.4) is 0 Å². The van der Waals surface area contributed by atoms with E-state index in [0.717, 1.165) is 11.1 Å². The van der Waals surface area contributed by atoms with Crippen LogP contribution < -0.4 is 15.2 Å². The fraction of sp³-hybridized carbons (Fsp3) is 0.265. The number of carbonyl (C=O) groups excluding carboxylic acids is 1. The van der Waals surface area contributed by atoms with Crippen molar-refractivity contribution >= 4 is 17.6 Å². The van der Waals surface area contributed by atoms with Crippen LogP contribution in [0.25, 0.3) is 11.1 Å². The molecule has 0 heterocycles. The van der Waals surface area contributed by atoms with Gasteiger partial charge in [0.1, 0.15) is 30.8 Å². The van der Waals surface area contributed by atoms with E-state index in [2.05, 4.69) is 78.5 Å². The Hall–Kier alpha value is -3.84. The molecule has 7 heteroatoms. The maximum Gasteiger partial charge on any atom is 0.361 e. The number of halogens is 1. The summed E-state index contributed by atoms with van der Waals surface area (Å²) >= 11 is 5.98. The van der Waals surface area contributed by atoms with Crippen molar-refractivity contribution in [3.8, 4) is 22.6 Å². The molecule has 5 rings (SSSR count). The highest BCUT2D eigenvalue weighted by atomic mass is 35.5. The molecule has 0 saturated carbocycles. The van der Waals surface area contributed by atoms with E-state index < -0.39 is 23.6 Å². The molecule has 6 nitrogen and oxygen atoms in total. The molecule has 0 radical (unpaired) electrons. The maximum absolute atomic E-state index is 11.6. The molecule has 0 aliphatic heterocycles. The highest BCUT2D eigenvalue weighted by Gasteiger charge is 2.45. The smallest absolute Gasteiger partial charge is 0.361 e. The summed E-state index contributed by atoms with van der Waals surface area (Å²) in [5.74, 6) is 1.10. The van der Waals surface area contributed by atoms with Crippen LogP contribution in [0.1, 0.15) is 35.6 Å². The lowest BCUT2D eigenvalue weighted by atomic mass is 9.68. The molecule has 1 aliphatic carbocycles. The lowest BCUT2D eigenvalue weighted by Gasteiger charge is -2.34. The largest absolute Gasteiger partial charge is 0.491 e. The minimum Gasteiger partial charge on any atom is -0.491 e. The Labute approximate surface area is 245 Å². The molecule has 4 aromatic carbocycles. The standard InChI is InChI=1S/C34H34ClNO5/c1-2-25(37)21-39-26-15-11-23(12-16-26)34(31-9-5-3-7-29(31)30-8-4-6-10-32(30)34)24-13-17-27(18-14-24)40-22-28(19-35)41-33(38)20-36/h3-18,25,28,37H,2,19-22,36H2,1H3/p+1. The van der Waals surface area contributed by atoms with Crippen LogP contribution in [0, 0.1) is 0 Å². The fourth-order valence-electron chi connectivity index (χ4n) is 5.48. The van der Waals surface area contributed by atoms with Gasteiger partial charge in [0, 0.05) is 0 Å². The number of esters is 1. The van der Waals surface area contributed by atoms with Crippen molar-refractivity contribution in [3.05, 3.63) is 119 Å². The summed E-state index contributed by atoms with van der Waals surface area (Å²) in [5.41, 5.74) is 9.99. The number of hydrogen-bond donors (Lipinski definition) is 2. The predicted octanol–water partition coefficient (Wildman–Crippen LogP) is 4.97. The first-order valence-electron chi connectivity index (χ1n) is 13.9. The average molecular weight is 573 g/mol. The quantitative estimate of drug-likeness (QED) is 0.163. The van der Waals surface area contributed by atoms with Gasteiger partial charge in [0.2, 0.25) is 0 Å². The molecule has 212 valence electrons. The third-order valence-electron chi connectivity index (χ3n) is 7.55. The van der Waals surface area contributed by atoms with E-state index in [9.17, 15) is 9.90 Å². The minimum absolute atomic E-state index is 0.0426. The lowest BCUT2D eigenvalue weighted by molar-refractivity contribution is -0.360. The average Bonchev–Trinajstić information content (AvgIpc) is 3.33. The van der Waals surface area contributed by atoms with Crippen LogP contribution in [-0.2, 0) is 14.9 Å². The maximum atomic E-state index is 11.6. The van der Waals surface area contributed by atoms with Crippen molar-refractivity contribution in [2.75, 3.05) is 25.6 Å². The number of aliphatic hydroxyl groups excluding tert-OH is 1. The zero-order chi connectivity index (χ0) is 28.8. The minimum atomic E-state index is -0.560. The Morgan fingerprint density at radius 1 is 0.805 bits per heavy atom. The fourth-order valence-corrected chi connectivity index (χ4v) is 5.63. The summed E-state index contributed by atoms with van der Waals surface area (Å²) < 4.78 is 17.1. The van der Waals surface area contributed by atoms with Crippen molar-refractivity contribution in [2.24, 2.45) is 0 Å². The van der Waals surface area contributed by atoms with Gasteiger partial charge in [-0.1, -0.05) is 79.7 Å². The van der Waals surface area contributed by atoms with Crippen LogP contribution in [0.15, 0.2) is 97.1 Å². The van der Waals surface area contributed by atoms with Crippen LogP contribution in [-0.4, -0.2) is 48.9 Å². The van der Waals surface area contributed by atoms with Crippen molar-refractivity contribution in [1.29, 1.82) is 0 Å². The summed E-state index contributed by atoms with van der Waals surface area (Å²) in [6.07, 6.45) is -0.405. The molecule has 0 saturated heterocycles. The monoisotopic (exact) mass is 572 g/mol. The Morgan fingerprint density at radius 2 is 1.29 bits per heavy atom. The second-order valence-corrected chi connectivity index (χ2v) is 10.4. The normalized spacial score (nSPS) is 14.4. The van der Waals surface area contributed by atoms with Crippen molar-refractivity contribution in [3.63, 3.8) is 0 Å². The molecular formula is C34H35ClNO5+. The zero-order valence-corrected chi connectivity index (χ0v) is 23.8. The molecule has 4 aromatic rings. The molecule has 1 aliphatic rings. The molecular weight excluding hydrogens is 538 g/mol. The van der Waals surface area contributed by atoms with Gasteiger partial charge in [-0.3, -0.25) is 0 Å². The van der Waals surface area contributed by atoms with Gasteiger partial charge in [-0.15, -0.1) is 11.6 Å². The SMILES string of the molecule is CCC(O)COc1ccc(C2(c3ccc(OCC(CCl)OC(=O)C[NH3+])cc3)c3ccccc3-c3ccccc32)cc1. The first kappa shape index (κ1) is 28.7. The van der Waals surface area contributed by atoms with Crippen LogP contribution in [0.2, 0.25) is 0 Å². The Morgan fingerprint density at radius 3 is 1.76 bits per heavy atom. The van der Waals surface area contributed by atoms with Crippen molar-refractivity contribution < 1.29 is 29.8 Å². The highest BCUT2D eigenvalue weighted by molar-refractivity contribution is 6.18. The summed E-state index contributed by atoms with van der Waals surface area (Å²) in [6, 6.07) is 33.3. The van der Waals surface area contributed by atoms with Gasteiger partial charge >= 0.3 is 5.97 Å². The first-order chi connectivity index (χ1) is 20.0. The van der Waals surface area contributed by atoms with Crippen molar-refractivity contribution in [1.82, 2.24) is 0 Å². The van der Waals surface area contributed by atoms with Gasteiger partial charge in [-0.2, -0.15) is 0 Å². The summed E-state index contributed by atoms with van der Waals surface area (Å²) in [4.78, 5) is 11.6. The van der Waals surface area contributed by atoms with Gasteiger partial charge in [0.25, 0.3) is 0 Å². The number of quaternary nitrogens is 1. The summed E-state index contributed by atoms with van der Waals surface area (Å²) in [7, 11) is 0. The third kappa shape index (κ3) is 5.68. The third-order valence-corrected chi connectivity index (χ3v) is 7.90. The number of alkyl halides is 1. The van der Waals surface area contributed by atoms with E-state index in [4.69, 9.17) is 25.8 Å². The van der Waals surface area contributed by atoms with Gasteiger partial charge in [-0.05, 0) is 64.1 Å². The predicted molar refractivity (Wildman–Crippen MR) is 159 cm³/mol. The summed E-state index contributed by atoms with van der Waals surface area (Å²) in [6.45, 7) is 2.38. The first-order valence-corrected chi connectivity index (χ1v) is 14.4.